The quantitative estimate of drug-likeness (QED) is 0.292. The second kappa shape index (κ2) is 11.9. The van der Waals surface area contributed by atoms with Crippen LogP contribution in [0.3, 0.4) is 0 Å². The number of carbonyl (C=O) groups is 1. The molecule has 7 nitrogen and oxygen atoms in total. The van der Waals surface area contributed by atoms with Gasteiger partial charge in [-0.2, -0.15) is 18.3 Å². The number of methoxy groups -OCH3 is 1. The van der Waals surface area contributed by atoms with Gasteiger partial charge in [-0.3, -0.25) is 0 Å². The van der Waals surface area contributed by atoms with Crippen LogP contribution >= 0.6 is 0 Å². The largest absolute Gasteiger partial charge is 0.497 e. The molecule has 1 N–H and O–H groups in total. The summed E-state index contributed by atoms with van der Waals surface area (Å²) in [5.41, 5.74) is -0.389. The number of halogens is 3. The number of nitrogens with one attached hydrogen (secondary N) is 1. The fraction of sp³-hybridized carbons (Fsp3) is 0.333. The van der Waals surface area contributed by atoms with Crippen molar-refractivity contribution in [3.05, 3.63) is 84.6 Å². The summed E-state index contributed by atoms with van der Waals surface area (Å²) in [5.74, 6) is 1.31. The molecule has 10 heteroatoms. The maximum atomic E-state index is 13.5. The lowest BCUT2D eigenvalue weighted by atomic mass is 9.94. The van der Waals surface area contributed by atoms with E-state index in [0.717, 1.165) is 6.07 Å². The molecule has 2 aromatic carbocycles. The van der Waals surface area contributed by atoms with Gasteiger partial charge in [-0.1, -0.05) is 24.3 Å². The molecule has 1 atom stereocenters. The smallest absolute Gasteiger partial charge is 0.435 e. The fourth-order valence-corrected chi connectivity index (χ4v) is 4.34. The Morgan fingerprint density at radius 1 is 1.02 bits per heavy atom. The average molecular weight is 556 g/mol. The highest BCUT2D eigenvalue weighted by molar-refractivity contribution is 5.68. The zero-order chi connectivity index (χ0) is 28.9. The number of alkyl carbamates (subject to hydrolysis) is 1. The molecule has 0 saturated heterocycles. The van der Waals surface area contributed by atoms with Crippen molar-refractivity contribution in [1.29, 1.82) is 0 Å². The number of benzene rings is 2. The average Bonchev–Trinajstić information content (AvgIpc) is 3.57. The summed E-state index contributed by atoms with van der Waals surface area (Å²) in [7, 11) is 1.51. The van der Waals surface area contributed by atoms with Gasteiger partial charge in [-0.25, -0.2) is 9.48 Å². The predicted octanol–water partition coefficient (Wildman–Crippen LogP) is 6.97. The lowest BCUT2D eigenvalue weighted by Gasteiger charge is -2.28. The number of ether oxygens (including phenoxy) is 3. The van der Waals surface area contributed by atoms with Crippen LogP contribution in [0.2, 0.25) is 0 Å². The molecule has 1 aliphatic carbocycles. The Bertz CT molecular complexity index is 1350. The van der Waals surface area contributed by atoms with E-state index in [0.29, 0.717) is 29.2 Å². The molecule has 0 saturated carbocycles. The first-order valence-corrected chi connectivity index (χ1v) is 12.8. The van der Waals surface area contributed by atoms with Crippen LogP contribution in [-0.2, 0) is 10.9 Å². The summed E-state index contributed by atoms with van der Waals surface area (Å²) < 4.78 is 58.2. The first-order chi connectivity index (χ1) is 18.9. The third-order valence-electron chi connectivity index (χ3n) is 6.26. The monoisotopic (exact) mass is 555 g/mol. The van der Waals surface area contributed by atoms with Crippen molar-refractivity contribution in [3.63, 3.8) is 0 Å². The normalized spacial score (nSPS) is 14.3. The second-order valence-electron chi connectivity index (χ2n) is 10.2. The predicted molar refractivity (Wildman–Crippen MR) is 146 cm³/mol. The van der Waals surface area contributed by atoms with Gasteiger partial charge in [0.05, 0.1) is 24.5 Å². The number of nitrogens with zero attached hydrogens (tertiary/aromatic N) is 2. The summed E-state index contributed by atoms with van der Waals surface area (Å²) in [6, 6.07) is 13.9. The lowest BCUT2D eigenvalue weighted by molar-refractivity contribution is -0.141. The van der Waals surface area contributed by atoms with Crippen LogP contribution in [0, 0.1) is 5.92 Å². The van der Waals surface area contributed by atoms with Crippen molar-refractivity contribution in [2.45, 2.75) is 45.0 Å². The summed E-state index contributed by atoms with van der Waals surface area (Å²) in [4.78, 5) is 12.4. The number of carbonyl (C=O) groups excluding carboxylic acids is 1. The summed E-state index contributed by atoms with van der Waals surface area (Å²) in [6.45, 7) is 5.70. The minimum atomic E-state index is -4.60. The van der Waals surface area contributed by atoms with E-state index >= 15 is 0 Å². The standard InChI is InChI=1S/C30H32F3N3O4/c1-20(34-28(37)40-29(2,3)18-21-7-5-6-8-21)19-39-25-13-9-22(10-14-25)26-17-27(30(31,32)33)35-36(26)23-11-15-24(38-4)16-12-23/h5-17,20-21H,18-19H2,1-4H3,(H,34,37)/t20-/m0/s1. The number of allylic oxidation sites excluding steroid dienone is 4. The molecule has 0 aliphatic heterocycles. The molecule has 1 heterocycles. The van der Waals surface area contributed by atoms with Crippen molar-refractivity contribution >= 4 is 6.09 Å². The van der Waals surface area contributed by atoms with Gasteiger partial charge in [0.25, 0.3) is 0 Å². The van der Waals surface area contributed by atoms with Crippen LogP contribution in [0.5, 0.6) is 11.5 Å². The van der Waals surface area contributed by atoms with Gasteiger partial charge < -0.3 is 19.5 Å². The van der Waals surface area contributed by atoms with Gasteiger partial charge in [0.1, 0.15) is 23.7 Å². The first-order valence-electron chi connectivity index (χ1n) is 12.8. The Kier molecular flexibility index (Phi) is 8.56. The van der Waals surface area contributed by atoms with Gasteiger partial charge in [0, 0.05) is 5.56 Å². The number of aromatic nitrogens is 2. The Hall–Kier alpha value is -4.21. The molecule has 40 heavy (non-hydrogen) atoms. The minimum Gasteiger partial charge on any atom is -0.497 e. The van der Waals surface area contributed by atoms with Crippen LogP contribution in [0.4, 0.5) is 18.0 Å². The van der Waals surface area contributed by atoms with E-state index in [-0.39, 0.29) is 24.3 Å². The van der Waals surface area contributed by atoms with E-state index < -0.39 is 23.6 Å². The molecule has 0 bridgehead atoms. The van der Waals surface area contributed by atoms with Gasteiger partial charge in [0.15, 0.2) is 5.69 Å². The fourth-order valence-electron chi connectivity index (χ4n) is 4.34. The van der Waals surface area contributed by atoms with Crippen molar-refractivity contribution in [1.82, 2.24) is 15.1 Å². The van der Waals surface area contributed by atoms with E-state index in [9.17, 15) is 18.0 Å². The number of hydrogen-bond acceptors (Lipinski definition) is 5. The van der Waals surface area contributed by atoms with Crippen LogP contribution in [0.25, 0.3) is 16.9 Å². The third kappa shape index (κ3) is 7.46. The Labute approximate surface area is 231 Å². The van der Waals surface area contributed by atoms with Crippen molar-refractivity contribution in [2.75, 3.05) is 13.7 Å². The number of hydrogen-bond donors (Lipinski definition) is 1. The van der Waals surface area contributed by atoms with Crippen molar-refractivity contribution < 1.29 is 32.2 Å². The zero-order valence-electron chi connectivity index (χ0n) is 22.7. The first kappa shape index (κ1) is 28.8. The van der Waals surface area contributed by atoms with Crippen molar-refractivity contribution in [3.8, 4) is 28.4 Å². The lowest BCUT2D eigenvalue weighted by Crippen LogP contribution is -2.41. The zero-order valence-corrected chi connectivity index (χ0v) is 22.7. The molecule has 1 aliphatic rings. The summed E-state index contributed by atoms with van der Waals surface area (Å²) in [5, 5.41) is 6.58. The Balaban J connectivity index is 1.38. The second-order valence-corrected chi connectivity index (χ2v) is 10.2. The van der Waals surface area contributed by atoms with Crippen LogP contribution < -0.4 is 14.8 Å². The van der Waals surface area contributed by atoms with Gasteiger partial charge >= 0.3 is 12.3 Å². The highest BCUT2D eigenvalue weighted by Crippen LogP contribution is 2.34. The van der Waals surface area contributed by atoms with E-state index in [1.165, 1.54) is 11.8 Å². The summed E-state index contributed by atoms with van der Waals surface area (Å²) in [6.07, 6.45) is 3.62. The SMILES string of the molecule is COc1ccc(-n2nc(C(F)(F)F)cc2-c2ccc(OC[C@H](C)NC(=O)OC(C)(C)CC3C=CC=C3)cc2)cc1. The third-order valence-corrected chi connectivity index (χ3v) is 6.26. The molecular weight excluding hydrogens is 523 g/mol. The molecule has 0 fully saturated rings. The Morgan fingerprint density at radius 3 is 2.25 bits per heavy atom. The van der Waals surface area contributed by atoms with Crippen LogP contribution in [0.1, 0.15) is 32.9 Å². The maximum absolute atomic E-state index is 13.5. The molecule has 1 amide bonds. The van der Waals surface area contributed by atoms with Gasteiger partial charge in [-0.05, 0) is 87.7 Å². The molecule has 0 radical (unpaired) electrons. The molecule has 4 rings (SSSR count). The van der Waals surface area contributed by atoms with E-state index in [1.807, 2.05) is 26.0 Å². The molecule has 1 aromatic heterocycles. The molecular formula is C30H32F3N3O4. The number of alkyl halides is 3. The minimum absolute atomic E-state index is 0.172. The molecule has 0 unspecified atom stereocenters. The molecule has 0 spiro atoms. The van der Waals surface area contributed by atoms with Gasteiger partial charge in [0.2, 0.25) is 0 Å². The van der Waals surface area contributed by atoms with E-state index in [4.69, 9.17) is 14.2 Å². The van der Waals surface area contributed by atoms with E-state index in [2.05, 4.69) is 22.6 Å². The number of amides is 1. The topological polar surface area (TPSA) is 74.6 Å². The highest BCUT2D eigenvalue weighted by atomic mass is 19.4. The van der Waals surface area contributed by atoms with Gasteiger partial charge in [-0.15, -0.1) is 0 Å². The maximum Gasteiger partial charge on any atom is 0.435 e. The molecule has 212 valence electrons. The Morgan fingerprint density at radius 2 is 1.65 bits per heavy atom. The molecule has 3 aromatic rings. The van der Waals surface area contributed by atoms with Crippen LogP contribution in [0.15, 0.2) is 78.9 Å². The highest BCUT2D eigenvalue weighted by Gasteiger charge is 2.35. The van der Waals surface area contributed by atoms with Crippen molar-refractivity contribution in [2.24, 2.45) is 5.92 Å². The number of rotatable bonds is 10. The van der Waals surface area contributed by atoms with Crippen LogP contribution in [-0.4, -0.2) is 41.2 Å². The summed E-state index contributed by atoms with van der Waals surface area (Å²) >= 11 is 0. The van der Waals surface area contributed by atoms with E-state index in [1.54, 1.807) is 55.5 Å².